The average Bonchev–Trinajstić information content (AvgIpc) is 4.39. The highest BCUT2D eigenvalue weighted by molar-refractivity contribution is 6.00. The lowest BCUT2D eigenvalue weighted by molar-refractivity contribution is 0.660. The average molecular weight is 1020 g/mol. The number of para-hydroxylation sites is 1. The topological polar surface area (TPSA) is 21.1 Å². The number of anilines is 2. The summed E-state index contributed by atoms with van der Waals surface area (Å²) in [5.41, 5.74) is 28.0. The second kappa shape index (κ2) is 18.0. The van der Waals surface area contributed by atoms with Crippen molar-refractivity contribution < 1.29 is 0 Å². The van der Waals surface area contributed by atoms with Crippen LogP contribution in [0.5, 0.6) is 0 Å². The number of aromatic nitrogens is 2. The van der Waals surface area contributed by atoms with Gasteiger partial charge >= 0.3 is 0 Å². The summed E-state index contributed by atoms with van der Waals surface area (Å²) >= 11 is 0. The lowest BCUT2D eigenvalue weighted by atomic mass is 9.70. The third-order valence-corrected chi connectivity index (χ3v) is 18.5. The van der Waals surface area contributed by atoms with Gasteiger partial charge in [0.1, 0.15) is 0 Å². The first-order chi connectivity index (χ1) is 39.4. The summed E-state index contributed by atoms with van der Waals surface area (Å²) in [6, 6.07) is 78.6. The number of pyridine rings is 1. The van der Waals surface area contributed by atoms with Gasteiger partial charge in [-0.05, 0) is 183 Å². The Bertz CT molecular complexity index is 4320. The Balaban J connectivity index is 0.748. The van der Waals surface area contributed by atoms with Crippen molar-refractivity contribution >= 4 is 45.2 Å². The number of hydrogen-bond donors (Lipinski definition) is 0. The fraction of sp³-hybridized carbons (Fsp3) is 0.130. The molecule has 2 unspecified atom stereocenters. The molecule has 0 N–H and O–H groups in total. The molecule has 2 heterocycles. The van der Waals surface area contributed by atoms with Gasteiger partial charge in [-0.25, -0.2) is 0 Å². The van der Waals surface area contributed by atoms with Gasteiger partial charge in [0, 0.05) is 68.1 Å². The molecule has 0 amide bonds. The standard InChI is InChI=1S/C77H57N3/c1-76(2)69-26-11-9-23-62(69)63-42-41-61(49-71(63)76)79(59-22-13-16-50(33-38-59)54-36-43-70-67(46-54)65-25-15-45-78-75(65)77(70,57-18-5-3-6-19-57)58-20-7-4-8-21-58)60-39-34-52(35-40-60)51-29-31-53(32-30-51)55-37-44-74-68(47-55)64-24-10-12-27-72(64)80(74)73-28-14-17-56-48-66(56)73/h3-7,9-15,17-20,22-36,38-43,45-47,49,56,66H,16,37,44,48H2,1-2H3/t56?,66?,77-/m1/s1. The van der Waals surface area contributed by atoms with E-state index in [2.05, 4.69) is 272 Å². The van der Waals surface area contributed by atoms with Gasteiger partial charge in [0.2, 0.25) is 0 Å². The molecule has 80 heavy (non-hydrogen) atoms. The Morgan fingerprint density at radius 3 is 2.23 bits per heavy atom. The van der Waals surface area contributed by atoms with Crippen molar-refractivity contribution in [3.63, 3.8) is 0 Å². The van der Waals surface area contributed by atoms with Crippen LogP contribution < -0.4 is 4.90 Å². The van der Waals surface area contributed by atoms with E-state index in [-0.39, 0.29) is 5.41 Å². The fourth-order valence-electron chi connectivity index (χ4n) is 14.4. The minimum atomic E-state index is -0.619. The first-order valence-corrected chi connectivity index (χ1v) is 28.5. The smallest absolute Gasteiger partial charge is 0.0964 e. The van der Waals surface area contributed by atoms with Crippen molar-refractivity contribution in [1.29, 1.82) is 0 Å². The SMILES string of the molecule is CC1(C)c2ccccc2-c2ccc(N(C3=CC=C(c4ccc5c(c4)-c4cccnc4[C@@]5(c4c#cccc4)c4ccccc4)CC=C3)c3ccc(-c4ccc(C5=Cc6c(n(C7=CC=CC8CC78)c7ccccc67)CC5)cc4)cc3)cc21. The predicted molar refractivity (Wildman–Crippen MR) is 330 cm³/mol. The zero-order chi connectivity index (χ0) is 53.1. The molecule has 8 aromatic carbocycles. The molecule has 3 atom stereocenters. The molecule has 6 aliphatic carbocycles. The molecule has 2 aromatic heterocycles. The second-order valence-electron chi connectivity index (χ2n) is 23.1. The highest BCUT2D eigenvalue weighted by Crippen LogP contribution is 2.56. The van der Waals surface area contributed by atoms with Crippen LogP contribution in [-0.4, -0.2) is 9.55 Å². The second-order valence-corrected chi connectivity index (χ2v) is 23.1. The molecule has 0 spiro atoms. The normalized spacial score (nSPS) is 18.2. The van der Waals surface area contributed by atoms with Gasteiger partial charge in [-0.2, -0.15) is 0 Å². The molecule has 3 heteroatoms. The summed E-state index contributed by atoms with van der Waals surface area (Å²) in [5, 5.41) is 1.36. The van der Waals surface area contributed by atoms with Crippen molar-refractivity contribution in [2.45, 2.75) is 50.4 Å². The summed E-state index contributed by atoms with van der Waals surface area (Å²) < 4.78 is 2.60. The largest absolute Gasteiger partial charge is 0.316 e. The maximum atomic E-state index is 5.16. The Morgan fingerprint density at radius 1 is 0.600 bits per heavy atom. The van der Waals surface area contributed by atoms with E-state index in [1.807, 2.05) is 12.3 Å². The van der Waals surface area contributed by atoms with Crippen LogP contribution in [0.4, 0.5) is 11.4 Å². The van der Waals surface area contributed by atoms with Crippen LogP contribution in [0.25, 0.3) is 67.2 Å². The van der Waals surface area contributed by atoms with E-state index in [4.69, 9.17) is 4.98 Å². The van der Waals surface area contributed by atoms with Crippen LogP contribution in [0.2, 0.25) is 0 Å². The Kier molecular flexibility index (Phi) is 10.5. The quantitative estimate of drug-likeness (QED) is 0.144. The van der Waals surface area contributed by atoms with E-state index in [0.29, 0.717) is 11.8 Å². The minimum Gasteiger partial charge on any atom is -0.316 e. The van der Waals surface area contributed by atoms with Gasteiger partial charge in [0.05, 0.1) is 16.6 Å². The Labute approximate surface area is 469 Å². The van der Waals surface area contributed by atoms with Crippen LogP contribution in [0.1, 0.15) is 89.0 Å². The number of benzene rings is 7. The summed E-state index contributed by atoms with van der Waals surface area (Å²) in [6.07, 6.45) is 24.9. The Morgan fingerprint density at radius 2 is 1.36 bits per heavy atom. The van der Waals surface area contributed by atoms with Gasteiger partial charge in [-0.3, -0.25) is 4.98 Å². The van der Waals surface area contributed by atoms with Crippen molar-refractivity contribution in [2.75, 3.05) is 4.90 Å². The van der Waals surface area contributed by atoms with E-state index in [0.717, 1.165) is 53.2 Å². The molecule has 16 rings (SSSR count). The highest BCUT2D eigenvalue weighted by Gasteiger charge is 2.48. The van der Waals surface area contributed by atoms with Gasteiger partial charge in [-0.1, -0.05) is 190 Å². The molecule has 0 radical (unpaired) electrons. The molecule has 1 saturated carbocycles. The molecule has 0 saturated heterocycles. The van der Waals surface area contributed by atoms with E-state index in [1.54, 1.807) is 0 Å². The molecular formula is C77H57N3. The number of nitrogens with zero attached hydrogens (tertiary/aromatic N) is 3. The number of rotatable bonds is 9. The lowest BCUT2D eigenvalue weighted by Gasteiger charge is -2.31. The minimum absolute atomic E-state index is 0.138. The summed E-state index contributed by atoms with van der Waals surface area (Å²) in [5.74, 6) is 1.36. The van der Waals surface area contributed by atoms with Crippen molar-refractivity contribution in [2.24, 2.45) is 11.8 Å². The zero-order valence-electron chi connectivity index (χ0n) is 45.0. The first-order valence-electron chi connectivity index (χ1n) is 28.5. The van der Waals surface area contributed by atoms with Crippen LogP contribution >= 0.6 is 0 Å². The molecule has 1 fully saturated rings. The molecule has 6 aliphatic rings. The summed E-state index contributed by atoms with van der Waals surface area (Å²) in [6.45, 7) is 4.74. The van der Waals surface area contributed by atoms with Gasteiger partial charge < -0.3 is 9.47 Å². The maximum absolute atomic E-state index is 5.16. The molecule has 0 aliphatic heterocycles. The monoisotopic (exact) mass is 1020 g/mol. The highest BCUT2D eigenvalue weighted by atomic mass is 15.1. The van der Waals surface area contributed by atoms with Crippen molar-refractivity contribution in [3.8, 4) is 33.4 Å². The third kappa shape index (κ3) is 7.11. The maximum Gasteiger partial charge on any atom is 0.0964 e. The van der Waals surface area contributed by atoms with E-state index < -0.39 is 5.41 Å². The van der Waals surface area contributed by atoms with Crippen molar-refractivity contribution in [3.05, 3.63) is 317 Å². The summed E-state index contributed by atoms with van der Waals surface area (Å²) in [4.78, 5) is 7.60. The predicted octanol–water partition coefficient (Wildman–Crippen LogP) is 18.6. The van der Waals surface area contributed by atoms with Crippen LogP contribution in [0.15, 0.2) is 249 Å². The Hall–Kier alpha value is -9.49. The van der Waals surface area contributed by atoms with Crippen LogP contribution in [0, 0.1) is 24.0 Å². The number of fused-ring (bicyclic) bond motifs is 10. The third-order valence-electron chi connectivity index (χ3n) is 18.5. The lowest BCUT2D eigenvalue weighted by Crippen LogP contribution is -2.29. The van der Waals surface area contributed by atoms with Crippen LogP contribution in [0.3, 0.4) is 0 Å². The van der Waals surface area contributed by atoms with Crippen molar-refractivity contribution in [1.82, 2.24) is 9.55 Å². The van der Waals surface area contributed by atoms with E-state index >= 15 is 0 Å². The van der Waals surface area contributed by atoms with Crippen LogP contribution in [-0.2, 0) is 17.3 Å². The summed E-state index contributed by atoms with van der Waals surface area (Å²) in [7, 11) is 0. The molecule has 3 nitrogen and oxygen atoms in total. The number of hydrogen-bond acceptors (Lipinski definition) is 2. The van der Waals surface area contributed by atoms with Gasteiger partial charge in [0.25, 0.3) is 0 Å². The fourth-order valence-corrected chi connectivity index (χ4v) is 14.4. The molecule has 10 aromatic rings. The first kappa shape index (κ1) is 46.6. The zero-order valence-corrected chi connectivity index (χ0v) is 45.0. The molecular weight excluding hydrogens is 967 g/mol. The molecule has 0 bridgehead atoms. The van der Waals surface area contributed by atoms with Gasteiger partial charge in [0.15, 0.2) is 0 Å². The molecule has 380 valence electrons. The van der Waals surface area contributed by atoms with E-state index in [9.17, 15) is 0 Å². The van der Waals surface area contributed by atoms with E-state index in [1.165, 1.54) is 107 Å². The number of allylic oxidation sites excluding steroid dienone is 10. The van der Waals surface area contributed by atoms with Gasteiger partial charge in [-0.15, -0.1) is 0 Å².